The van der Waals surface area contributed by atoms with Crippen LogP contribution in [0.15, 0.2) is 30.3 Å². The van der Waals surface area contributed by atoms with Crippen LogP contribution in [-0.4, -0.2) is 29.2 Å². The first kappa shape index (κ1) is 11.2. The van der Waals surface area contributed by atoms with Crippen LogP contribution in [-0.2, 0) is 0 Å². The van der Waals surface area contributed by atoms with Crippen LogP contribution in [0, 0.1) is 0 Å². The number of benzene rings is 1. The molecule has 1 unspecified atom stereocenters. The lowest BCUT2D eigenvalue weighted by Gasteiger charge is -2.23. The van der Waals surface area contributed by atoms with Crippen LogP contribution in [0.3, 0.4) is 0 Å². The molecule has 1 aromatic rings. The molecule has 1 amide bonds. The Bertz CT molecular complexity index is 299. The zero-order valence-electron chi connectivity index (χ0n) is 8.40. The van der Waals surface area contributed by atoms with E-state index >= 15 is 0 Å². The van der Waals surface area contributed by atoms with Crippen molar-refractivity contribution in [3.63, 3.8) is 0 Å². The number of carbonyl (C=O) groups is 1. The molecule has 0 bridgehead atoms. The Morgan fingerprint density at radius 3 is 2.50 bits per heavy atom. The first-order valence-electron chi connectivity index (χ1n) is 4.55. The number of carbonyl (C=O) groups excluding carboxylic acids is 1. The standard InChI is InChI=1S/C11H14BrNO/c1-9(8-12)13(2)11(14)10-6-4-3-5-7-10/h3-7,9H,8H2,1-2H3. The predicted molar refractivity (Wildman–Crippen MR) is 61.8 cm³/mol. The summed E-state index contributed by atoms with van der Waals surface area (Å²) in [4.78, 5) is 13.6. The molecule has 1 aromatic carbocycles. The van der Waals surface area contributed by atoms with E-state index in [0.717, 1.165) is 10.9 Å². The van der Waals surface area contributed by atoms with Gasteiger partial charge in [0.1, 0.15) is 0 Å². The molecule has 0 aliphatic rings. The van der Waals surface area contributed by atoms with Gasteiger partial charge in [-0.1, -0.05) is 34.1 Å². The highest BCUT2D eigenvalue weighted by atomic mass is 79.9. The van der Waals surface area contributed by atoms with Gasteiger partial charge in [-0.15, -0.1) is 0 Å². The molecular weight excluding hydrogens is 242 g/mol. The van der Waals surface area contributed by atoms with Gasteiger partial charge in [-0.3, -0.25) is 4.79 Å². The summed E-state index contributed by atoms with van der Waals surface area (Å²) in [5.41, 5.74) is 0.739. The number of amides is 1. The van der Waals surface area contributed by atoms with Crippen LogP contribution >= 0.6 is 15.9 Å². The van der Waals surface area contributed by atoms with E-state index in [1.807, 2.05) is 44.3 Å². The van der Waals surface area contributed by atoms with Gasteiger partial charge in [0.25, 0.3) is 5.91 Å². The summed E-state index contributed by atoms with van der Waals surface area (Å²) in [5, 5.41) is 0.794. The molecule has 0 radical (unpaired) electrons. The van der Waals surface area contributed by atoms with E-state index in [0.29, 0.717) is 0 Å². The largest absolute Gasteiger partial charge is 0.338 e. The van der Waals surface area contributed by atoms with Crippen molar-refractivity contribution in [2.45, 2.75) is 13.0 Å². The monoisotopic (exact) mass is 255 g/mol. The average Bonchev–Trinajstić information content (AvgIpc) is 2.27. The maximum Gasteiger partial charge on any atom is 0.253 e. The second kappa shape index (κ2) is 5.15. The van der Waals surface area contributed by atoms with Crippen molar-refractivity contribution < 1.29 is 4.79 Å². The smallest absolute Gasteiger partial charge is 0.253 e. The molecule has 0 saturated heterocycles. The van der Waals surface area contributed by atoms with Crippen molar-refractivity contribution in [3.8, 4) is 0 Å². The summed E-state index contributed by atoms with van der Waals surface area (Å²) in [5.74, 6) is 0.0672. The average molecular weight is 256 g/mol. The summed E-state index contributed by atoms with van der Waals surface area (Å²) >= 11 is 3.36. The van der Waals surface area contributed by atoms with Crippen LogP contribution in [0.4, 0.5) is 0 Å². The lowest BCUT2D eigenvalue weighted by atomic mass is 10.2. The van der Waals surface area contributed by atoms with Crippen molar-refractivity contribution in [2.75, 3.05) is 12.4 Å². The summed E-state index contributed by atoms with van der Waals surface area (Å²) in [6, 6.07) is 9.53. The van der Waals surface area contributed by atoms with E-state index in [9.17, 15) is 4.79 Å². The fraction of sp³-hybridized carbons (Fsp3) is 0.364. The maximum absolute atomic E-state index is 11.9. The van der Waals surface area contributed by atoms with Gasteiger partial charge in [-0.2, -0.15) is 0 Å². The lowest BCUT2D eigenvalue weighted by Crippen LogP contribution is -2.35. The Kier molecular flexibility index (Phi) is 4.14. The fourth-order valence-electron chi connectivity index (χ4n) is 1.09. The second-order valence-corrected chi connectivity index (χ2v) is 3.93. The van der Waals surface area contributed by atoms with Crippen molar-refractivity contribution >= 4 is 21.8 Å². The third-order valence-corrected chi connectivity index (χ3v) is 3.16. The van der Waals surface area contributed by atoms with Gasteiger partial charge >= 0.3 is 0 Å². The number of alkyl halides is 1. The topological polar surface area (TPSA) is 20.3 Å². The highest BCUT2D eigenvalue weighted by Crippen LogP contribution is 2.07. The number of halogens is 1. The fourth-order valence-corrected chi connectivity index (χ4v) is 1.52. The first-order chi connectivity index (χ1) is 6.66. The van der Waals surface area contributed by atoms with Crippen molar-refractivity contribution in [3.05, 3.63) is 35.9 Å². The van der Waals surface area contributed by atoms with Crippen molar-refractivity contribution in [2.24, 2.45) is 0 Å². The number of rotatable bonds is 3. The Balaban J connectivity index is 2.76. The Labute approximate surface area is 93.0 Å². The normalized spacial score (nSPS) is 12.2. The summed E-state index contributed by atoms with van der Waals surface area (Å²) in [6.45, 7) is 2.01. The van der Waals surface area contributed by atoms with Gasteiger partial charge in [-0.05, 0) is 19.1 Å². The molecule has 0 aliphatic heterocycles. The molecule has 0 saturated carbocycles. The maximum atomic E-state index is 11.9. The van der Waals surface area contributed by atoms with Crippen molar-refractivity contribution in [1.29, 1.82) is 0 Å². The first-order valence-corrected chi connectivity index (χ1v) is 5.67. The van der Waals surface area contributed by atoms with E-state index in [1.54, 1.807) is 4.90 Å². The molecular formula is C11H14BrNO. The molecule has 0 spiro atoms. The van der Waals surface area contributed by atoms with E-state index in [-0.39, 0.29) is 11.9 Å². The van der Waals surface area contributed by atoms with E-state index < -0.39 is 0 Å². The molecule has 0 heterocycles. The zero-order chi connectivity index (χ0) is 10.6. The molecule has 3 heteroatoms. The van der Waals surface area contributed by atoms with Crippen LogP contribution in [0.25, 0.3) is 0 Å². The van der Waals surface area contributed by atoms with Gasteiger partial charge in [0.05, 0.1) is 0 Å². The van der Waals surface area contributed by atoms with Crippen molar-refractivity contribution in [1.82, 2.24) is 4.90 Å². The molecule has 0 N–H and O–H groups in total. The van der Waals surface area contributed by atoms with Gasteiger partial charge in [0, 0.05) is 24.0 Å². The van der Waals surface area contributed by atoms with E-state index in [2.05, 4.69) is 15.9 Å². The predicted octanol–water partition coefficient (Wildman–Crippen LogP) is 2.54. The van der Waals surface area contributed by atoms with Gasteiger partial charge in [0.2, 0.25) is 0 Å². The number of hydrogen-bond donors (Lipinski definition) is 0. The second-order valence-electron chi connectivity index (χ2n) is 3.29. The van der Waals surface area contributed by atoms with Gasteiger partial charge in [0.15, 0.2) is 0 Å². The molecule has 0 aromatic heterocycles. The Morgan fingerprint density at radius 1 is 1.43 bits per heavy atom. The minimum atomic E-state index is 0.0672. The molecule has 76 valence electrons. The van der Waals surface area contributed by atoms with Crippen LogP contribution < -0.4 is 0 Å². The zero-order valence-corrected chi connectivity index (χ0v) is 9.99. The summed E-state index contributed by atoms with van der Waals surface area (Å²) < 4.78 is 0. The molecule has 2 nitrogen and oxygen atoms in total. The lowest BCUT2D eigenvalue weighted by molar-refractivity contribution is 0.0758. The summed E-state index contributed by atoms with van der Waals surface area (Å²) in [6.07, 6.45) is 0. The third kappa shape index (κ3) is 2.58. The Morgan fingerprint density at radius 2 is 2.00 bits per heavy atom. The van der Waals surface area contributed by atoms with Gasteiger partial charge in [-0.25, -0.2) is 0 Å². The third-order valence-electron chi connectivity index (χ3n) is 2.23. The van der Waals surface area contributed by atoms with E-state index in [4.69, 9.17) is 0 Å². The highest BCUT2D eigenvalue weighted by molar-refractivity contribution is 9.09. The van der Waals surface area contributed by atoms with Crippen LogP contribution in [0.1, 0.15) is 17.3 Å². The van der Waals surface area contributed by atoms with Gasteiger partial charge < -0.3 is 4.90 Å². The molecule has 1 atom stereocenters. The quantitative estimate of drug-likeness (QED) is 0.761. The summed E-state index contributed by atoms with van der Waals surface area (Å²) in [7, 11) is 1.82. The van der Waals surface area contributed by atoms with Crippen LogP contribution in [0.2, 0.25) is 0 Å². The molecule has 0 aliphatic carbocycles. The number of hydrogen-bond acceptors (Lipinski definition) is 1. The highest BCUT2D eigenvalue weighted by Gasteiger charge is 2.15. The molecule has 0 fully saturated rings. The van der Waals surface area contributed by atoms with Crippen LogP contribution in [0.5, 0.6) is 0 Å². The minimum absolute atomic E-state index is 0.0672. The SMILES string of the molecule is CC(CBr)N(C)C(=O)c1ccccc1. The minimum Gasteiger partial charge on any atom is -0.338 e. The molecule has 1 rings (SSSR count). The Hall–Kier alpha value is -0.830. The number of nitrogens with zero attached hydrogens (tertiary/aromatic N) is 1. The van der Waals surface area contributed by atoms with E-state index in [1.165, 1.54) is 0 Å². The molecule has 14 heavy (non-hydrogen) atoms.